The van der Waals surface area contributed by atoms with E-state index in [4.69, 9.17) is 21.9 Å². The lowest BCUT2D eigenvalue weighted by molar-refractivity contribution is 0.435. The van der Waals surface area contributed by atoms with E-state index in [0.29, 0.717) is 21.7 Å². The molecular weight excluding hydrogens is 298 g/mol. The van der Waals surface area contributed by atoms with Crippen LogP contribution in [0.15, 0.2) is 47.0 Å². The molecular formula is C15H9ClF2N2O. The molecule has 3 aromatic rings. The lowest BCUT2D eigenvalue weighted by Gasteiger charge is -2.04. The normalized spacial score (nSPS) is 10.8. The molecule has 0 aliphatic rings. The van der Waals surface area contributed by atoms with E-state index in [2.05, 4.69) is 5.16 Å². The zero-order valence-corrected chi connectivity index (χ0v) is 11.4. The van der Waals surface area contributed by atoms with Gasteiger partial charge in [-0.15, -0.1) is 0 Å². The van der Waals surface area contributed by atoms with Crippen molar-refractivity contribution in [2.24, 2.45) is 0 Å². The number of nitrogen functional groups attached to an aromatic ring is 1. The standard InChI is InChI=1S/C15H9ClF2N2O/c16-10-3-1-2-8(6-10)13-14(21-20-15(13)19)9-4-5-11(17)12(18)7-9/h1-7H,(H2,19,20). The van der Waals surface area contributed by atoms with E-state index in [-0.39, 0.29) is 11.6 Å². The summed E-state index contributed by atoms with van der Waals surface area (Å²) < 4.78 is 31.6. The molecule has 0 spiro atoms. The van der Waals surface area contributed by atoms with Gasteiger partial charge in [0, 0.05) is 10.6 Å². The predicted octanol–water partition coefficient (Wildman–Crippen LogP) is 4.52. The maximum atomic E-state index is 13.4. The fourth-order valence-corrected chi connectivity index (χ4v) is 2.25. The van der Waals surface area contributed by atoms with Crippen LogP contribution < -0.4 is 5.73 Å². The second-order valence-corrected chi connectivity index (χ2v) is 4.85. The van der Waals surface area contributed by atoms with Gasteiger partial charge in [0.05, 0.1) is 5.56 Å². The molecule has 1 aromatic heterocycles. The number of benzene rings is 2. The summed E-state index contributed by atoms with van der Waals surface area (Å²) in [7, 11) is 0. The summed E-state index contributed by atoms with van der Waals surface area (Å²) in [6.07, 6.45) is 0. The molecule has 1 heterocycles. The Labute approximate surface area is 123 Å². The average molecular weight is 307 g/mol. The Hall–Kier alpha value is -2.40. The minimum atomic E-state index is -0.973. The van der Waals surface area contributed by atoms with Crippen LogP contribution in [-0.2, 0) is 0 Å². The first-order chi connectivity index (χ1) is 10.1. The summed E-state index contributed by atoms with van der Waals surface area (Å²) in [6, 6.07) is 10.4. The van der Waals surface area contributed by atoms with Crippen molar-refractivity contribution < 1.29 is 13.3 Å². The highest BCUT2D eigenvalue weighted by Crippen LogP contribution is 2.37. The van der Waals surface area contributed by atoms with Crippen LogP contribution in [0, 0.1) is 11.6 Å². The summed E-state index contributed by atoms with van der Waals surface area (Å²) >= 11 is 5.96. The minimum Gasteiger partial charge on any atom is -0.380 e. The summed E-state index contributed by atoms with van der Waals surface area (Å²) in [5.74, 6) is -1.50. The highest BCUT2D eigenvalue weighted by molar-refractivity contribution is 6.30. The molecule has 0 bridgehead atoms. The molecule has 0 fully saturated rings. The smallest absolute Gasteiger partial charge is 0.177 e. The van der Waals surface area contributed by atoms with Crippen molar-refractivity contribution in [3.05, 3.63) is 59.1 Å². The van der Waals surface area contributed by atoms with E-state index < -0.39 is 11.6 Å². The van der Waals surface area contributed by atoms with Gasteiger partial charge in [0.2, 0.25) is 0 Å². The average Bonchev–Trinajstić information content (AvgIpc) is 2.84. The fourth-order valence-electron chi connectivity index (χ4n) is 2.06. The first-order valence-electron chi connectivity index (χ1n) is 6.03. The molecule has 0 aliphatic carbocycles. The second kappa shape index (κ2) is 5.18. The van der Waals surface area contributed by atoms with Crippen LogP contribution in [0.3, 0.4) is 0 Å². The highest BCUT2D eigenvalue weighted by atomic mass is 35.5. The Morgan fingerprint density at radius 3 is 2.52 bits per heavy atom. The lowest BCUT2D eigenvalue weighted by atomic mass is 10.0. The number of rotatable bonds is 2. The maximum Gasteiger partial charge on any atom is 0.177 e. The number of aromatic nitrogens is 1. The Morgan fingerprint density at radius 2 is 1.81 bits per heavy atom. The molecule has 2 aromatic carbocycles. The van der Waals surface area contributed by atoms with Crippen LogP contribution in [-0.4, -0.2) is 5.16 Å². The number of nitrogens with two attached hydrogens (primary N) is 1. The van der Waals surface area contributed by atoms with Gasteiger partial charge in [-0.05, 0) is 35.9 Å². The van der Waals surface area contributed by atoms with Crippen LogP contribution in [0.4, 0.5) is 14.6 Å². The van der Waals surface area contributed by atoms with E-state index in [1.165, 1.54) is 6.07 Å². The molecule has 0 saturated carbocycles. The van der Waals surface area contributed by atoms with E-state index in [1.807, 2.05) is 0 Å². The molecule has 0 atom stereocenters. The molecule has 106 valence electrons. The fraction of sp³-hybridized carbons (Fsp3) is 0. The summed E-state index contributed by atoms with van der Waals surface area (Å²) in [4.78, 5) is 0. The van der Waals surface area contributed by atoms with Gasteiger partial charge in [-0.3, -0.25) is 0 Å². The topological polar surface area (TPSA) is 52.0 Å². The first kappa shape index (κ1) is 13.6. The molecule has 0 unspecified atom stereocenters. The molecule has 3 nitrogen and oxygen atoms in total. The Kier molecular flexibility index (Phi) is 3.35. The van der Waals surface area contributed by atoms with Crippen LogP contribution >= 0.6 is 11.6 Å². The van der Waals surface area contributed by atoms with Crippen molar-refractivity contribution in [3.63, 3.8) is 0 Å². The molecule has 21 heavy (non-hydrogen) atoms. The van der Waals surface area contributed by atoms with Gasteiger partial charge in [0.15, 0.2) is 23.2 Å². The Balaban J connectivity index is 2.19. The third kappa shape index (κ3) is 2.48. The molecule has 0 amide bonds. The van der Waals surface area contributed by atoms with Crippen molar-refractivity contribution in [3.8, 4) is 22.5 Å². The molecule has 0 radical (unpaired) electrons. The van der Waals surface area contributed by atoms with Crippen LogP contribution in [0.5, 0.6) is 0 Å². The second-order valence-electron chi connectivity index (χ2n) is 4.41. The van der Waals surface area contributed by atoms with Crippen molar-refractivity contribution in [2.75, 3.05) is 5.73 Å². The quantitative estimate of drug-likeness (QED) is 0.757. The molecule has 6 heteroatoms. The highest BCUT2D eigenvalue weighted by Gasteiger charge is 2.19. The Bertz CT molecular complexity index is 817. The predicted molar refractivity (Wildman–Crippen MR) is 76.7 cm³/mol. The minimum absolute atomic E-state index is 0.150. The largest absolute Gasteiger partial charge is 0.380 e. The summed E-state index contributed by atoms with van der Waals surface area (Å²) in [5.41, 5.74) is 7.32. The van der Waals surface area contributed by atoms with Crippen molar-refractivity contribution in [2.45, 2.75) is 0 Å². The number of anilines is 1. The third-order valence-electron chi connectivity index (χ3n) is 3.01. The molecule has 2 N–H and O–H groups in total. The number of halogens is 3. The zero-order valence-electron chi connectivity index (χ0n) is 10.6. The SMILES string of the molecule is Nc1noc(-c2ccc(F)c(F)c2)c1-c1cccc(Cl)c1. The number of hydrogen-bond donors (Lipinski definition) is 1. The lowest BCUT2D eigenvalue weighted by Crippen LogP contribution is -1.90. The van der Waals surface area contributed by atoms with Crippen molar-refractivity contribution in [1.82, 2.24) is 5.16 Å². The van der Waals surface area contributed by atoms with Crippen molar-refractivity contribution in [1.29, 1.82) is 0 Å². The number of nitrogens with zero attached hydrogens (tertiary/aromatic N) is 1. The molecule has 0 saturated heterocycles. The summed E-state index contributed by atoms with van der Waals surface area (Å²) in [6.45, 7) is 0. The Morgan fingerprint density at radius 1 is 1.00 bits per heavy atom. The van der Waals surface area contributed by atoms with E-state index in [0.717, 1.165) is 12.1 Å². The van der Waals surface area contributed by atoms with E-state index in [9.17, 15) is 8.78 Å². The van der Waals surface area contributed by atoms with Crippen LogP contribution in [0.1, 0.15) is 0 Å². The molecule has 3 rings (SSSR count). The monoisotopic (exact) mass is 306 g/mol. The van der Waals surface area contributed by atoms with Gasteiger partial charge in [-0.2, -0.15) is 0 Å². The van der Waals surface area contributed by atoms with Gasteiger partial charge in [-0.25, -0.2) is 8.78 Å². The van der Waals surface area contributed by atoms with E-state index >= 15 is 0 Å². The first-order valence-corrected chi connectivity index (χ1v) is 6.40. The van der Waals surface area contributed by atoms with Gasteiger partial charge >= 0.3 is 0 Å². The van der Waals surface area contributed by atoms with Crippen LogP contribution in [0.2, 0.25) is 5.02 Å². The molecule has 0 aliphatic heterocycles. The van der Waals surface area contributed by atoms with E-state index in [1.54, 1.807) is 24.3 Å². The zero-order chi connectivity index (χ0) is 15.0. The number of hydrogen-bond acceptors (Lipinski definition) is 3. The van der Waals surface area contributed by atoms with Gasteiger partial charge in [0.25, 0.3) is 0 Å². The maximum absolute atomic E-state index is 13.4. The van der Waals surface area contributed by atoms with Crippen LogP contribution in [0.25, 0.3) is 22.5 Å². The third-order valence-corrected chi connectivity index (χ3v) is 3.25. The van der Waals surface area contributed by atoms with Crippen molar-refractivity contribution >= 4 is 17.4 Å². The summed E-state index contributed by atoms with van der Waals surface area (Å²) in [5, 5.41) is 4.21. The van der Waals surface area contributed by atoms with Gasteiger partial charge in [-0.1, -0.05) is 28.9 Å². The van der Waals surface area contributed by atoms with Gasteiger partial charge < -0.3 is 10.3 Å². The van der Waals surface area contributed by atoms with Gasteiger partial charge in [0.1, 0.15) is 0 Å².